The molecule has 1 aliphatic heterocycles. The first kappa shape index (κ1) is 16.7. The SMILES string of the molecule is CS(=O)(=O)CC1CCCN(C(=O)c2cnn(-c3ccccc3)c2)C1. The van der Waals surface area contributed by atoms with Crippen molar-refractivity contribution in [1.82, 2.24) is 14.7 Å². The number of likely N-dealkylation sites (tertiary alicyclic amines) is 1. The number of amides is 1. The molecule has 0 saturated carbocycles. The van der Waals surface area contributed by atoms with E-state index in [9.17, 15) is 13.2 Å². The van der Waals surface area contributed by atoms with Gasteiger partial charge in [-0.1, -0.05) is 18.2 Å². The van der Waals surface area contributed by atoms with Crippen molar-refractivity contribution in [2.45, 2.75) is 12.8 Å². The highest BCUT2D eigenvalue weighted by Gasteiger charge is 2.27. The van der Waals surface area contributed by atoms with Crippen LogP contribution in [0.4, 0.5) is 0 Å². The lowest BCUT2D eigenvalue weighted by atomic mass is 9.99. The molecule has 0 spiro atoms. The minimum absolute atomic E-state index is 0.0156. The van der Waals surface area contributed by atoms with E-state index in [1.807, 2.05) is 30.3 Å². The summed E-state index contributed by atoms with van der Waals surface area (Å²) in [5, 5.41) is 4.25. The second kappa shape index (κ2) is 6.76. The van der Waals surface area contributed by atoms with E-state index >= 15 is 0 Å². The Labute approximate surface area is 142 Å². The van der Waals surface area contributed by atoms with Crippen molar-refractivity contribution in [3.05, 3.63) is 48.3 Å². The number of carbonyl (C=O) groups excluding carboxylic acids is 1. The number of hydrogen-bond acceptors (Lipinski definition) is 4. The number of benzene rings is 1. The van der Waals surface area contributed by atoms with E-state index in [0.717, 1.165) is 18.5 Å². The molecule has 1 aromatic heterocycles. The van der Waals surface area contributed by atoms with Crippen LogP contribution in [0.1, 0.15) is 23.2 Å². The van der Waals surface area contributed by atoms with Crippen LogP contribution in [0.25, 0.3) is 5.69 Å². The molecule has 1 atom stereocenters. The fraction of sp³-hybridized carbons (Fsp3) is 0.412. The summed E-state index contributed by atoms with van der Waals surface area (Å²) in [6.45, 7) is 1.15. The van der Waals surface area contributed by atoms with Gasteiger partial charge in [0, 0.05) is 25.5 Å². The van der Waals surface area contributed by atoms with Crippen LogP contribution >= 0.6 is 0 Å². The number of aromatic nitrogens is 2. The van der Waals surface area contributed by atoms with Gasteiger partial charge in [-0.15, -0.1) is 0 Å². The Hall–Kier alpha value is -2.15. The van der Waals surface area contributed by atoms with Crippen LogP contribution in [0.2, 0.25) is 0 Å². The van der Waals surface area contributed by atoms with Gasteiger partial charge in [0.1, 0.15) is 9.84 Å². The van der Waals surface area contributed by atoms with Gasteiger partial charge in [-0.25, -0.2) is 13.1 Å². The smallest absolute Gasteiger partial charge is 0.257 e. The molecule has 2 heterocycles. The van der Waals surface area contributed by atoms with Crippen LogP contribution in [0.5, 0.6) is 0 Å². The number of piperidine rings is 1. The lowest BCUT2D eigenvalue weighted by Gasteiger charge is -2.32. The minimum Gasteiger partial charge on any atom is -0.338 e. The van der Waals surface area contributed by atoms with Crippen LogP contribution in [-0.2, 0) is 9.84 Å². The van der Waals surface area contributed by atoms with E-state index in [2.05, 4.69) is 5.10 Å². The second-order valence-electron chi connectivity index (χ2n) is 6.36. The molecule has 6 nitrogen and oxygen atoms in total. The van der Waals surface area contributed by atoms with Gasteiger partial charge in [-0.2, -0.15) is 5.10 Å². The molecule has 24 heavy (non-hydrogen) atoms. The fourth-order valence-electron chi connectivity index (χ4n) is 3.15. The van der Waals surface area contributed by atoms with Gasteiger partial charge in [0.05, 0.1) is 23.2 Å². The minimum atomic E-state index is -3.02. The standard InChI is InChI=1S/C17H21N3O3S/c1-24(22,23)13-14-6-5-9-19(11-14)17(21)15-10-18-20(12-15)16-7-3-2-4-8-16/h2-4,7-8,10,12,14H,5-6,9,11,13H2,1H3. The Morgan fingerprint density at radius 2 is 2.04 bits per heavy atom. The van der Waals surface area contributed by atoms with E-state index in [1.165, 1.54) is 6.26 Å². The second-order valence-corrected chi connectivity index (χ2v) is 8.55. The quantitative estimate of drug-likeness (QED) is 0.845. The summed E-state index contributed by atoms with van der Waals surface area (Å²) in [5.74, 6) is 0.0670. The van der Waals surface area contributed by atoms with Crippen LogP contribution in [0.3, 0.4) is 0 Å². The van der Waals surface area contributed by atoms with E-state index in [-0.39, 0.29) is 17.6 Å². The third kappa shape index (κ3) is 4.03. The number of carbonyl (C=O) groups is 1. The molecule has 3 rings (SSSR count). The predicted octanol–water partition coefficient (Wildman–Crippen LogP) is 1.77. The summed E-state index contributed by atoms with van der Waals surface area (Å²) >= 11 is 0. The third-order valence-electron chi connectivity index (χ3n) is 4.19. The molecule has 1 aliphatic rings. The number of hydrogen-bond donors (Lipinski definition) is 0. The van der Waals surface area contributed by atoms with Crippen molar-refractivity contribution < 1.29 is 13.2 Å². The molecule has 1 unspecified atom stereocenters. The lowest BCUT2D eigenvalue weighted by molar-refractivity contribution is 0.0684. The Morgan fingerprint density at radius 1 is 1.29 bits per heavy atom. The van der Waals surface area contributed by atoms with Gasteiger partial charge in [0.25, 0.3) is 5.91 Å². The highest BCUT2D eigenvalue weighted by Crippen LogP contribution is 2.20. The maximum atomic E-state index is 12.7. The topological polar surface area (TPSA) is 72.3 Å². The van der Waals surface area contributed by atoms with Crippen molar-refractivity contribution in [2.24, 2.45) is 5.92 Å². The fourth-order valence-corrected chi connectivity index (χ4v) is 4.28. The van der Waals surface area contributed by atoms with Crippen molar-refractivity contribution in [1.29, 1.82) is 0 Å². The summed E-state index contributed by atoms with van der Waals surface area (Å²) in [6.07, 6.45) is 6.21. The molecule has 0 aliphatic carbocycles. The number of sulfone groups is 1. The van der Waals surface area contributed by atoms with E-state index in [4.69, 9.17) is 0 Å². The molecule has 1 fully saturated rings. The van der Waals surface area contributed by atoms with Crippen molar-refractivity contribution >= 4 is 15.7 Å². The molecular weight excluding hydrogens is 326 g/mol. The maximum absolute atomic E-state index is 12.7. The largest absolute Gasteiger partial charge is 0.338 e. The molecule has 1 aromatic carbocycles. The van der Waals surface area contributed by atoms with Gasteiger partial charge in [0.2, 0.25) is 0 Å². The number of para-hydroxylation sites is 1. The van der Waals surface area contributed by atoms with Gasteiger partial charge in [-0.3, -0.25) is 4.79 Å². The van der Waals surface area contributed by atoms with Gasteiger partial charge >= 0.3 is 0 Å². The molecule has 1 saturated heterocycles. The van der Waals surface area contributed by atoms with Crippen molar-refractivity contribution in [3.8, 4) is 5.69 Å². The molecule has 2 aromatic rings. The maximum Gasteiger partial charge on any atom is 0.257 e. The van der Waals surface area contributed by atoms with Gasteiger partial charge in [-0.05, 0) is 30.9 Å². The van der Waals surface area contributed by atoms with Crippen LogP contribution in [0, 0.1) is 5.92 Å². The Bertz CT molecular complexity index is 815. The Morgan fingerprint density at radius 3 is 2.75 bits per heavy atom. The first-order chi connectivity index (χ1) is 11.4. The van der Waals surface area contributed by atoms with Crippen LogP contribution in [0.15, 0.2) is 42.7 Å². The molecule has 1 amide bonds. The number of rotatable bonds is 4. The number of nitrogens with zero attached hydrogens (tertiary/aromatic N) is 3. The normalized spacial score (nSPS) is 18.5. The van der Waals surface area contributed by atoms with Crippen molar-refractivity contribution in [3.63, 3.8) is 0 Å². The summed E-state index contributed by atoms with van der Waals surface area (Å²) < 4.78 is 24.7. The third-order valence-corrected chi connectivity index (χ3v) is 5.27. The zero-order valence-electron chi connectivity index (χ0n) is 13.6. The van der Waals surface area contributed by atoms with E-state index in [1.54, 1.807) is 22.0 Å². The van der Waals surface area contributed by atoms with Gasteiger partial charge < -0.3 is 4.90 Å². The van der Waals surface area contributed by atoms with Gasteiger partial charge in [0.15, 0.2) is 0 Å². The summed E-state index contributed by atoms with van der Waals surface area (Å²) in [5.41, 5.74) is 1.42. The summed E-state index contributed by atoms with van der Waals surface area (Å²) in [4.78, 5) is 14.4. The average molecular weight is 347 g/mol. The Balaban J connectivity index is 1.71. The highest BCUT2D eigenvalue weighted by atomic mass is 32.2. The zero-order chi connectivity index (χ0) is 17.2. The highest BCUT2D eigenvalue weighted by molar-refractivity contribution is 7.90. The van der Waals surface area contributed by atoms with Crippen molar-refractivity contribution in [2.75, 3.05) is 25.1 Å². The molecule has 7 heteroatoms. The summed E-state index contributed by atoms with van der Waals surface area (Å²) in [6, 6.07) is 9.60. The van der Waals surface area contributed by atoms with E-state index < -0.39 is 9.84 Å². The first-order valence-electron chi connectivity index (χ1n) is 7.99. The zero-order valence-corrected chi connectivity index (χ0v) is 14.4. The van der Waals surface area contributed by atoms with E-state index in [0.29, 0.717) is 18.7 Å². The average Bonchev–Trinajstić information content (AvgIpc) is 3.03. The molecule has 0 N–H and O–H groups in total. The molecular formula is C17H21N3O3S. The molecule has 128 valence electrons. The lowest BCUT2D eigenvalue weighted by Crippen LogP contribution is -2.41. The molecule has 0 bridgehead atoms. The van der Waals surface area contributed by atoms with Crippen LogP contribution < -0.4 is 0 Å². The predicted molar refractivity (Wildman–Crippen MR) is 91.9 cm³/mol. The first-order valence-corrected chi connectivity index (χ1v) is 10.1. The summed E-state index contributed by atoms with van der Waals surface area (Å²) in [7, 11) is -3.02. The monoisotopic (exact) mass is 347 g/mol. The molecule has 0 radical (unpaired) electrons. The Kier molecular flexibility index (Phi) is 4.71. The van der Waals surface area contributed by atoms with Crippen LogP contribution in [-0.4, -0.2) is 54.1 Å².